The van der Waals surface area contributed by atoms with Gasteiger partial charge in [0.05, 0.1) is 12.5 Å². The molecule has 1 unspecified atom stereocenters. The Kier molecular flexibility index (Phi) is 2.80. The molecule has 0 aliphatic carbocycles. The molecule has 0 aromatic heterocycles. The Balaban J connectivity index is 2.60. The highest BCUT2D eigenvalue weighted by Gasteiger charge is 2.37. The van der Waals surface area contributed by atoms with Crippen molar-refractivity contribution in [2.45, 2.75) is 12.5 Å². The molecule has 70 valence electrons. The van der Waals surface area contributed by atoms with Crippen LogP contribution in [0.5, 0.6) is 0 Å². The van der Waals surface area contributed by atoms with Gasteiger partial charge in [0.25, 0.3) is 5.91 Å². The van der Waals surface area contributed by atoms with E-state index >= 15 is 0 Å². The molecule has 6 heteroatoms. The van der Waals surface area contributed by atoms with Gasteiger partial charge in [0.1, 0.15) is 12.7 Å². The van der Waals surface area contributed by atoms with E-state index in [1.807, 2.05) is 0 Å². The Bertz CT molecular complexity index is 273. The standard InChI is InChI=1S/C7H8FN3O2/c8-4-5-6(12)11(3-1-2-9)7(13)10-5/h5H,1,3-4H2,(H,10,13). The van der Waals surface area contributed by atoms with Gasteiger partial charge in [-0.25, -0.2) is 9.18 Å². The number of rotatable bonds is 3. The summed E-state index contributed by atoms with van der Waals surface area (Å²) in [6, 6.07) is 0.115. The molecule has 0 spiro atoms. The number of nitriles is 1. The molecule has 0 saturated carbocycles. The number of halogens is 1. The normalized spacial score (nSPS) is 21.5. The first-order valence-corrected chi connectivity index (χ1v) is 3.75. The fourth-order valence-electron chi connectivity index (χ4n) is 1.06. The van der Waals surface area contributed by atoms with Crippen LogP contribution in [0.1, 0.15) is 6.42 Å². The van der Waals surface area contributed by atoms with Crippen LogP contribution in [0.25, 0.3) is 0 Å². The van der Waals surface area contributed by atoms with E-state index in [-0.39, 0.29) is 13.0 Å². The van der Waals surface area contributed by atoms with E-state index in [9.17, 15) is 14.0 Å². The molecule has 1 rings (SSSR count). The van der Waals surface area contributed by atoms with Crippen LogP contribution in [0.15, 0.2) is 0 Å². The SMILES string of the molecule is N#CCCN1C(=O)NC(CF)C1=O. The van der Waals surface area contributed by atoms with E-state index in [0.29, 0.717) is 0 Å². The van der Waals surface area contributed by atoms with Crippen LogP contribution < -0.4 is 5.32 Å². The molecule has 1 aliphatic heterocycles. The lowest BCUT2D eigenvalue weighted by Gasteiger charge is -2.08. The summed E-state index contributed by atoms with van der Waals surface area (Å²) in [5, 5.41) is 10.4. The van der Waals surface area contributed by atoms with Crippen molar-refractivity contribution in [1.29, 1.82) is 5.26 Å². The third-order valence-corrected chi connectivity index (χ3v) is 1.71. The zero-order valence-corrected chi connectivity index (χ0v) is 6.79. The van der Waals surface area contributed by atoms with Crippen LogP contribution in [0.2, 0.25) is 0 Å². The molecule has 1 aliphatic rings. The Morgan fingerprint density at radius 3 is 2.77 bits per heavy atom. The number of carbonyl (C=O) groups is 2. The fraction of sp³-hybridized carbons (Fsp3) is 0.571. The molecule has 1 atom stereocenters. The van der Waals surface area contributed by atoms with E-state index in [4.69, 9.17) is 5.26 Å². The zero-order valence-electron chi connectivity index (χ0n) is 6.79. The summed E-state index contributed by atoms with van der Waals surface area (Å²) >= 11 is 0. The first kappa shape index (κ1) is 9.45. The lowest BCUT2D eigenvalue weighted by Crippen LogP contribution is -2.32. The summed E-state index contributed by atoms with van der Waals surface area (Å²) in [6.45, 7) is -0.884. The first-order valence-electron chi connectivity index (χ1n) is 3.75. The Labute approximate surface area is 74.1 Å². The molecule has 1 N–H and O–H groups in total. The summed E-state index contributed by atoms with van der Waals surface area (Å²) in [5.41, 5.74) is 0. The highest BCUT2D eigenvalue weighted by molar-refractivity contribution is 6.04. The van der Waals surface area contributed by atoms with E-state index < -0.39 is 24.7 Å². The number of carbonyl (C=O) groups excluding carboxylic acids is 2. The highest BCUT2D eigenvalue weighted by atomic mass is 19.1. The smallest absolute Gasteiger partial charge is 0.323 e. The van der Waals surface area contributed by atoms with Crippen molar-refractivity contribution in [2.24, 2.45) is 0 Å². The molecule has 1 saturated heterocycles. The summed E-state index contributed by atoms with van der Waals surface area (Å²) in [6.07, 6.45) is 0.0676. The van der Waals surface area contributed by atoms with Gasteiger partial charge in [-0.3, -0.25) is 9.69 Å². The molecule has 13 heavy (non-hydrogen) atoms. The van der Waals surface area contributed by atoms with E-state index in [1.54, 1.807) is 6.07 Å². The van der Waals surface area contributed by atoms with Gasteiger partial charge >= 0.3 is 6.03 Å². The van der Waals surface area contributed by atoms with Crippen LogP contribution in [0, 0.1) is 11.3 Å². The number of hydrogen-bond acceptors (Lipinski definition) is 3. The lowest BCUT2D eigenvalue weighted by atomic mass is 10.3. The van der Waals surface area contributed by atoms with Crippen molar-refractivity contribution in [3.05, 3.63) is 0 Å². The molecular weight excluding hydrogens is 177 g/mol. The van der Waals surface area contributed by atoms with E-state index in [0.717, 1.165) is 4.90 Å². The summed E-state index contributed by atoms with van der Waals surface area (Å²) in [4.78, 5) is 23.0. The average molecular weight is 185 g/mol. The molecule has 1 fully saturated rings. The monoisotopic (exact) mass is 185 g/mol. The lowest BCUT2D eigenvalue weighted by molar-refractivity contribution is -0.127. The maximum absolute atomic E-state index is 12.1. The van der Waals surface area contributed by atoms with Crippen LogP contribution in [0.3, 0.4) is 0 Å². The van der Waals surface area contributed by atoms with Gasteiger partial charge in [-0.1, -0.05) is 0 Å². The second-order valence-corrected chi connectivity index (χ2v) is 2.55. The second-order valence-electron chi connectivity index (χ2n) is 2.55. The minimum absolute atomic E-state index is 0.0255. The van der Waals surface area contributed by atoms with Gasteiger partial charge in [0.15, 0.2) is 0 Å². The minimum Gasteiger partial charge on any atom is -0.323 e. The summed E-state index contributed by atoms with van der Waals surface area (Å²) < 4.78 is 12.1. The summed E-state index contributed by atoms with van der Waals surface area (Å²) in [5.74, 6) is -0.595. The van der Waals surface area contributed by atoms with Gasteiger partial charge in [-0.05, 0) is 0 Å². The molecule has 5 nitrogen and oxygen atoms in total. The number of nitrogens with zero attached hydrogens (tertiary/aromatic N) is 2. The number of alkyl halides is 1. The van der Waals surface area contributed by atoms with Crippen molar-refractivity contribution in [2.75, 3.05) is 13.2 Å². The van der Waals surface area contributed by atoms with Crippen LogP contribution in [-0.4, -0.2) is 36.1 Å². The third-order valence-electron chi connectivity index (χ3n) is 1.71. The number of urea groups is 1. The zero-order chi connectivity index (χ0) is 9.84. The summed E-state index contributed by atoms with van der Waals surface area (Å²) in [7, 11) is 0. The molecule has 0 bridgehead atoms. The van der Waals surface area contributed by atoms with Crippen LogP contribution in [0.4, 0.5) is 9.18 Å². The van der Waals surface area contributed by atoms with Gasteiger partial charge in [-0.2, -0.15) is 5.26 Å². The minimum atomic E-state index is -1.06. The predicted molar refractivity (Wildman–Crippen MR) is 40.2 cm³/mol. The number of nitrogens with one attached hydrogen (secondary N) is 1. The van der Waals surface area contributed by atoms with Crippen molar-refractivity contribution >= 4 is 11.9 Å². The van der Waals surface area contributed by atoms with Gasteiger partial charge in [0.2, 0.25) is 0 Å². The number of amides is 3. The molecule has 3 amide bonds. The van der Waals surface area contributed by atoms with Crippen LogP contribution >= 0.6 is 0 Å². The van der Waals surface area contributed by atoms with Crippen molar-refractivity contribution in [3.8, 4) is 6.07 Å². The molecule has 0 radical (unpaired) electrons. The van der Waals surface area contributed by atoms with Gasteiger partial charge in [0, 0.05) is 6.54 Å². The van der Waals surface area contributed by atoms with Gasteiger partial charge < -0.3 is 5.32 Å². The van der Waals surface area contributed by atoms with Crippen molar-refractivity contribution in [1.82, 2.24) is 10.2 Å². The third kappa shape index (κ3) is 1.75. The number of imide groups is 1. The maximum Gasteiger partial charge on any atom is 0.324 e. The Morgan fingerprint density at radius 1 is 1.62 bits per heavy atom. The average Bonchev–Trinajstić information content (AvgIpc) is 2.39. The quantitative estimate of drug-likeness (QED) is 0.618. The highest BCUT2D eigenvalue weighted by Crippen LogP contribution is 2.06. The predicted octanol–water partition coefficient (Wildman–Crippen LogP) is -0.210. The molecule has 0 aromatic carbocycles. The molecular formula is C7H8FN3O2. The van der Waals surface area contributed by atoms with E-state index in [1.165, 1.54) is 0 Å². The maximum atomic E-state index is 12.1. The van der Waals surface area contributed by atoms with Crippen LogP contribution in [-0.2, 0) is 4.79 Å². The largest absolute Gasteiger partial charge is 0.324 e. The number of hydrogen-bond donors (Lipinski definition) is 1. The fourth-order valence-corrected chi connectivity index (χ4v) is 1.06. The second kappa shape index (κ2) is 3.85. The van der Waals surface area contributed by atoms with Gasteiger partial charge in [-0.15, -0.1) is 0 Å². The first-order chi connectivity index (χ1) is 6.20. The topological polar surface area (TPSA) is 73.2 Å². The molecule has 1 heterocycles. The molecule has 0 aromatic rings. The Hall–Kier alpha value is -1.64. The Morgan fingerprint density at radius 2 is 2.31 bits per heavy atom. The van der Waals surface area contributed by atoms with E-state index in [2.05, 4.69) is 5.32 Å². The van der Waals surface area contributed by atoms with Crippen molar-refractivity contribution in [3.63, 3.8) is 0 Å². The van der Waals surface area contributed by atoms with Crippen molar-refractivity contribution < 1.29 is 14.0 Å².